The average molecular weight is 1760 g/mol. The lowest BCUT2D eigenvalue weighted by Gasteiger charge is -2.22. The van der Waals surface area contributed by atoms with E-state index in [1.54, 1.807) is 0 Å². The zero-order chi connectivity index (χ0) is 91.2. The minimum Gasteiger partial charge on any atom is -0.309 e. The molecule has 4 aliphatic carbocycles. The minimum absolute atomic E-state index is 0.112. The molecule has 26 aromatic rings. The van der Waals surface area contributed by atoms with E-state index in [2.05, 4.69) is 483 Å². The predicted molar refractivity (Wildman–Crippen MR) is 576 cm³/mol. The zero-order valence-electron chi connectivity index (χ0n) is 77.0. The Hall–Kier alpha value is -17.3. The monoisotopic (exact) mass is 1760 g/mol. The molecule has 6 heterocycles. The van der Waals surface area contributed by atoms with Gasteiger partial charge in [0.25, 0.3) is 0 Å². The van der Waals surface area contributed by atoms with Gasteiger partial charge in [0.15, 0.2) is 5.82 Å². The molecular weight excluding hydrogens is 1670 g/mol. The van der Waals surface area contributed by atoms with Crippen molar-refractivity contribution in [3.8, 4) is 140 Å². The van der Waals surface area contributed by atoms with Gasteiger partial charge in [-0.3, -0.25) is 0 Å². The normalized spacial score (nSPS) is 13.9. The van der Waals surface area contributed by atoms with E-state index in [0.29, 0.717) is 5.82 Å². The molecular formula is C131H87N7. The summed E-state index contributed by atoms with van der Waals surface area (Å²) in [6.45, 7) is 14.2. The summed E-state index contributed by atoms with van der Waals surface area (Å²) in [5.74, 6) is 0.660. The first-order valence-electron chi connectivity index (χ1n) is 48.3. The minimum atomic E-state index is -0.138. The molecule has 6 aromatic heterocycles. The van der Waals surface area contributed by atoms with Crippen molar-refractivity contribution >= 4 is 120 Å². The Morgan fingerprint density at radius 3 is 0.826 bits per heavy atom. The number of rotatable bonds is 10. The molecule has 7 nitrogen and oxygen atoms in total. The lowest BCUT2D eigenvalue weighted by atomic mass is 9.82. The first-order chi connectivity index (χ1) is 67.7. The van der Waals surface area contributed by atoms with Crippen LogP contribution in [0.25, 0.3) is 260 Å². The van der Waals surface area contributed by atoms with E-state index < -0.39 is 0 Å². The number of para-hydroxylation sites is 4. The third-order valence-corrected chi connectivity index (χ3v) is 32.0. The number of hydrogen-bond donors (Lipinski definition) is 0. The Morgan fingerprint density at radius 2 is 0.449 bits per heavy atom. The predicted octanol–water partition coefficient (Wildman–Crippen LogP) is 34.0. The number of benzene rings is 20. The standard InChI is InChI=1S/C131H87N7/c1-129(2)108-37-14-7-28-90(108)93-57-54-87(73-111(93)129)136-115-41-18-11-32-97(115)103-68-79(47-61-119(103)136)78-46-60-118-102(67-78)96-31-10-17-40-114(96)134(118)85-52-44-77(45-53-85)126-125-100-35-22-24-76-25-23-36-101(124(76)100)127(125)133-128(132-126)84-26-21-27-86(66-84)135-122-64-50-82(80-48-62-120-104(69-80)98-33-12-19-42-116(98)137(120)88-55-58-94-91-29-8-15-38-109(91)130(3,4)112(94)74-88)71-106(122)107-72-83(51-65-123(107)135)81-49-63-121-105(70-81)99-34-13-20-43-117(99)138(121)89-56-59-95-92-30-9-16-39-110(92)131(5,6)113(95)75-89/h7-75H,1-6H3. The van der Waals surface area contributed by atoms with E-state index in [9.17, 15) is 0 Å². The van der Waals surface area contributed by atoms with Crippen LogP contribution < -0.4 is 0 Å². The molecule has 0 bridgehead atoms. The first kappa shape index (κ1) is 77.2. The van der Waals surface area contributed by atoms with Crippen LogP contribution in [0, 0.1) is 0 Å². The lowest BCUT2D eigenvalue weighted by Crippen LogP contribution is -2.15. The van der Waals surface area contributed by atoms with Gasteiger partial charge in [-0.1, -0.05) is 302 Å². The quantitative estimate of drug-likeness (QED) is 0.137. The summed E-state index contributed by atoms with van der Waals surface area (Å²) in [5.41, 5.74) is 47.0. The van der Waals surface area contributed by atoms with Crippen LogP contribution in [0.5, 0.6) is 0 Å². The van der Waals surface area contributed by atoms with Crippen molar-refractivity contribution in [1.82, 2.24) is 32.8 Å². The second-order valence-corrected chi connectivity index (χ2v) is 40.3. The molecule has 7 heteroatoms. The molecule has 30 rings (SSSR count). The number of fused-ring (bicyclic) bond motifs is 27. The maximum atomic E-state index is 5.84. The molecule has 0 amide bonds. The SMILES string of the molecule is CC1(C)c2ccccc2-c2ccc(-n3c4ccccc4c4cc(-c5ccc6c(c5)c5ccccc5n6-c5ccc(-c6nc(-c7cccc(-n8c9ccc(-c%10ccc%11c(c%10)c%10ccccc%10n%11-c%10ccc%11c(c%10)C(C)(C)c%10ccccc%10-%11)cc9c9cc(-c%10ccc%11c(c%10)c%10ccccc%10n%11-c%10ccc%11c(c%10)C(C)(C)c%10ccccc%10-%11)ccc98)c7)nc7c6-c6cccc8cccc-7c68)cc5)ccc43)cc21. The summed E-state index contributed by atoms with van der Waals surface area (Å²) in [6, 6.07) is 158. The summed E-state index contributed by atoms with van der Waals surface area (Å²) in [4.78, 5) is 11.6. The molecule has 4 aliphatic rings. The van der Waals surface area contributed by atoms with E-state index in [-0.39, 0.29) is 16.2 Å². The lowest BCUT2D eigenvalue weighted by molar-refractivity contribution is 0.660. The second kappa shape index (κ2) is 28.0. The smallest absolute Gasteiger partial charge is 0.160 e. The molecule has 0 radical (unpaired) electrons. The first-order valence-corrected chi connectivity index (χ1v) is 48.3. The van der Waals surface area contributed by atoms with Crippen LogP contribution in [-0.4, -0.2) is 32.8 Å². The highest BCUT2D eigenvalue weighted by Crippen LogP contribution is 2.57. The van der Waals surface area contributed by atoms with Crippen molar-refractivity contribution < 1.29 is 0 Å². The van der Waals surface area contributed by atoms with Crippen LogP contribution >= 0.6 is 0 Å². The van der Waals surface area contributed by atoms with E-state index >= 15 is 0 Å². The Kier molecular flexibility index (Phi) is 15.6. The molecule has 0 atom stereocenters. The maximum absolute atomic E-state index is 5.84. The largest absolute Gasteiger partial charge is 0.309 e. The highest BCUT2D eigenvalue weighted by molar-refractivity contribution is 6.20. The zero-order valence-corrected chi connectivity index (χ0v) is 77.0. The molecule has 138 heavy (non-hydrogen) atoms. The van der Waals surface area contributed by atoms with Gasteiger partial charge in [0.1, 0.15) is 0 Å². The van der Waals surface area contributed by atoms with Gasteiger partial charge in [0.2, 0.25) is 0 Å². The van der Waals surface area contributed by atoms with Crippen LogP contribution in [0.15, 0.2) is 419 Å². The van der Waals surface area contributed by atoms with E-state index in [1.165, 1.54) is 182 Å². The number of nitrogens with zero attached hydrogens (tertiary/aromatic N) is 7. The molecule has 0 saturated carbocycles. The van der Waals surface area contributed by atoms with Gasteiger partial charge in [-0.15, -0.1) is 0 Å². The third kappa shape index (κ3) is 10.7. The van der Waals surface area contributed by atoms with Crippen molar-refractivity contribution in [1.29, 1.82) is 0 Å². The molecule has 0 unspecified atom stereocenters. The molecule has 0 fully saturated rings. The van der Waals surface area contributed by atoms with Crippen molar-refractivity contribution in [2.45, 2.75) is 57.8 Å². The third-order valence-electron chi connectivity index (χ3n) is 32.0. The van der Waals surface area contributed by atoms with E-state index in [4.69, 9.17) is 9.97 Å². The topological polar surface area (TPSA) is 50.4 Å². The van der Waals surface area contributed by atoms with Crippen molar-refractivity contribution in [2.75, 3.05) is 0 Å². The summed E-state index contributed by atoms with van der Waals surface area (Å²) < 4.78 is 12.3. The number of aromatic nitrogens is 7. The van der Waals surface area contributed by atoms with Gasteiger partial charge in [-0.2, -0.15) is 0 Å². The summed E-state index contributed by atoms with van der Waals surface area (Å²) in [5, 5.41) is 14.5. The Bertz CT molecular complexity index is 9670. The van der Waals surface area contributed by atoms with Crippen LogP contribution in [0.4, 0.5) is 0 Å². The molecule has 646 valence electrons. The highest BCUT2D eigenvalue weighted by atomic mass is 15.0. The van der Waals surface area contributed by atoms with E-state index in [1.807, 2.05) is 0 Å². The Balaban J connectivity index is 0.541. The molecule has 0 saturated heterocycles. The maximum Gasteiger partial charge on any atom is 0.160 e. The number of hydrogen-bond acceptors (Lipinski definition) is 2. The molecule has 0 spiro atoms. The summed E-state index contributed by atoms with van der Waals surface area (Å²) >= 11 is 0. The Morgan fingerprint density at radius 1 is 0.174 bits per heavy atom. The Labute approximate surface area is 797 Å². The molecule has 0 aliphatic heterocycles. The van der Waals surface area contributed by atoms with Crippen molar-refractivity contribution in [2.24, 2.45) is 0 Å². The fraction of sp³-hybridized carbons (Fsp3) is 0.0687. The average Bonchev–Trinajstić information content (AvgIpc) is 1.56. The van der Waals surface area contributed by atoms with Gasteiger partial charge >= 0.3 is 0 Å². The summed E-state index contributed by atoms with van der Waals surface area (Å²) in [6.07, 6.45) is 0. The van der Waals surface area contributed by atoms with Gasteiger partial charge in [-0.05, 0) is 274 Å². The summed E-state index contributed by atoms with van der Waals surface area (Å²) in [7, 11) is 0. The van der Waals surface area contributed by atoms with Crippen LogP contribution in [-0.2, 0) is 16.2 Å². The van der Waals surface area contributed by atoms with Crippen LogP contribution in [0.1, 0.15) is 74.9 Å². The second-order valence-electron chi connectivity index (χ2n) is 40.3. The van der Waals surface area contributed by atoms with Crippen molar-refractivity contribution in [3.05, 3.63) is 452 Å². The fourth-order valence-electron chi connectivity index (χ4n) is 25.4. The van der Waals surface area contributed by atoms with Crippen molar-refractivity contribution in [3.63, 3.8) is 0 Å². The highest BCUT2D eigenvalue weighted by Gasteiger charge is 2.40. The van der Waals surface area contributed by atoms with Crippen LogP contribution in [0.3, 0.4) is 0 Å². The van der Waals surface area contributed by atoms with Gasteiger partial charge in [0, 0.05) is 121 Å². The fourth-order valence-corrected chi connectivity index (χ4v) is 25.4. The van der Waals surface area contributed by atoms with Gasteiger partial charge < -0.3 is 22.8 Å². The molecule has 0 N–H and O–H groups in total. The van der Waals surface area contributed by atoms with E-state index in [0.717, 1.165) is 106 Å². The van der Waals surface area contributed by atoms with Gasteiger partial charge in [-0.25, -0.2) is 9.97 Å². The van der Waals surface area contributed by atoms with Crippen LogP contribution in [0.2, 0.25) is 0 Å². The molecule has 20 aromatic carbocycles. The van der Waals surface area contributed by atoms with Gasteiger partial charge in [0.05, 0.1) is 66.6 Å².